The summed E-state index contributed by atoms with van der Waals surface area (Å²) in [5.74, 6) is 0.782. The predicted molar refractivity (Wildman–Crippen MR) is 96.2 cm³/mol. The van der Waals surface area contributed by atoms with Crippen LogP contribution in [0.1, 0.15) is 5.56 Å². The highest BCUT2D eigenvalue weighted by molar-refractivity contribution is 6.42. The standard InChI is InChI=1S/C16H15Cl2N5O2/c17-11-2-1-9(3-12(11)18)4-19-16-21-13-5-20-23(6-10-7-25-8-10)14(13)15(24)22-16/h1-3,5,10H,4,6-8H2,(H2,19,21,22,24). The Bertz CT molecular complexity index is 980. The molecule has 1 aliphatic rings. The fraction of sp³-hybridized carbons (Fsp3) is 0.312. The number of halogens is 2. The molecule has 0 atom stereocenters. The molecule has 130 valence electrons. The van der Waals surface area contributed by atoms with Crippen LogP contribution in [0, 0.1) is 5.92 Å². The number of H-pyrrole nitrogens is 1. The second kappa shape index (κ2) is 6.67. The lowest BCUT2D eigenvalue weighted by molar-refractivity contribution is -0.0403. The third kappa shape index (κ3) is 3.35. The van der Waals surface area contributed by atoms with E-state index in [0.717, 1.165) is 5.56 Å². The van der Waals surface area contributed by atoms with Gasteiger partial charge in [-0.15, -0.1) is 0 Å². The van der Waals surface area contributed by atoms with E-state index in [-0.39, 0.29) is 5.56 Å². The Labute approximate surface area is 152 Å². The average Bonchev–Trinajstić information content (AvgIpc) is 2.95. The van der Waals surface area contributed by atoms with Crippen LogP contribution in [-0.4, -0.2) is 33.0 Å². The predicted octanol–water partition coefficient (Wildman–Crippen LogP) is 2.68. The molecule has 1 fully saturated rings. The van der Waals surface area contributed by atoms with Crippen LogP contribution in [0.25, 0.3) is 11.0 Å². The van der Waals surface area contributed by atoms with E-state index >= 15 is 0 Å². The fourth-order valence-corrected chi connectivity index (χ4v) is 3.02. The molecule has 4 rings (SSSR count). The number of hydrogen-bond donors (Lipinski definition) is 2. The van der Waals surface area contributed by atoms with Crippen molar-refractivity contribution in [2.75, 3.05) is 18.5 Å². The molecule has 0 radical (unpaired) electrons. The van der Waals surface area contributed by atoms with Gasteiger partial charge in [0.25, 0.3) is 5.56 Å². The number of anilines is 1. The quantitative estimate of drug-likeness (QED) is 0.711. The first-order valence-corrected chi connectivity index (χ1v) is 8.57. The molecule has 9 heteroatoms. The molecule has 25 heavy (non-hydrogen) atoms. The van der Waals surface area contributed by atoms with Crippen LogP contribution in [0.5, 0.6) is 0 Å². The van der Waals surface area contributed by atoms with Crippen molar-refractivity contribution in [3.05, 3.63) is 50.4 Å². The van der Waals surface area contributed by atoms with Gasteiger partial charge >= 0.3 is 0 Å². The second-order valence-corrected chi connectivity index (χ2v) is 6.79. The molecule has 2 aromatic heterocycles. The van der Waals surface area contributed by atoms with E-state index in [4.69, 9.17) is 27.9 Å². The van der Waals surface area contributed by atoms with E-state index in [1.807, 2.05) is 6.07 Å². The number of hydrogen-bond acceptors (Lipinski definition) is 5. The van der Waals surface area contributed by atoms with Crippen LogP contribution in [0.15, 0.2) is 29.2 Å². The number of benzene rings is 1. The minimum Gasteiger partial charge on any atom is -0.381 e. The van der Waals surface area contributed by atoms with Crippen LogP contribution < -0.4 is 10.9 Å². The van der Waals surface area contributed by atoms with Crippen molar-refractivity contribution in [1.29, 1.82) is 0 Å². The molecule has 7 nitrogen and oxygen atoms in total. The number of fused-ring (bicyclic) bond motifs is 1. The van der Waals surface area contributed by atoms with Gasteiger partial charge in [-0.1, -0.05) is 29.3 Å². The van der Waals surface area contributed by atoms with E-state index in [1.54, 1.807) is 23.0 Å². The molecule has 0 saturated carbocycles. The first-order valence-electron chi connectivity index (χ1n) is 7.81. The van der Waals surface area contributed by atoms with E-state index in [0.29, 0.717) is 59.2 Å². The number of aromatic amines is 1. The molecule has 1 saturated heterocycles. The second-order valence-electron chi connectivity index (χ2n) is 5.98. The van der Waals surface area contributed by atoms with Gasteiger partial charge in [0.1, 0.15) is 5.52 Å². The molecule has 3 aromatic rings. The van der Waals surface area contributed by atoms with E-state index in [1.165, 1.54) is 0 Å². The Kier molecular flexibility index (Phi) is 4.37. The van der Waals surface area contributed by atoms with Crippen LogP contribution in [0.4, 0.5) is 5.95 Å². The Morgan fingerprint density at radius 1 is 1.32 bits per heavy atom. The molecule has 0 unspecified atom stereocenters. The molecule has 2 N–H and O–H groups in total. The molecule has 0 aliphatic carbocycles. The highest BCUT2D eigenvalue weighted by atomic mass is 35.5. The zero-order valence-electron chi connectivity index (χ0n) is 13.1. The molecule has 1 aliphatic heterocycles. The maximum atomic E-state index is 12.4. The first-order chi connectivity index (χ1) is 12.1. The van der Waals surface area contributed by atoms with E-state index in [9.17, 15) is 4.79 Å². The van der Waals surface area contributed by atoms with Crippen LogP contribution in [0.3, 0.4) is 0 Å². The van der Waals surface area contributed by atoms with Crippen molar-refractivity contribution in [1.82, 2.24) is 19.7 Å². The smallest absolute Gasteiger partial charge is 0.278 e. The number of nitrogens with zero attached hydrogens (tertiary/aromatic N) is 3. The Morgan fingerprint density at radius 3 is 2.88 bits per heavy atom. The van der Waals surface area contributed by atoms with E-state index in [2.05, 4.69) is 20.4 Å². The molecule has 0 amide bonds. The lowest BCUT2D eigenvalue weighted by Gasteiger charge is -2.25. The number of nitrogens with one attached hydrogen (secondary N) is 2. The normalized spacial score (nSPS) is 14.6. The van der Waals surface area contributed by atoms with Crippen molar-refractivity contribution in [2.45, 2.75) is 13.1 Å². The molecule has 0 bridgehead atoms. The van der Waals surface area contributed by atoms with Gasteiger partial charge in [0.2, 0.25) is 5.95 Å². The van der Waals surface area contributed by atoms with Gasteiger partial charge in [0.15, 0.2) is 5.52 Å². The van der Waals surface area contributed by atoms with Crippen molar-refractivity contribution >= 4 is 40.2 Å². The Hall–Kier alpha value is -2.09. The zero-order chi connectivity index (χ0) is 17.4. The first kappa shape index (κ1) is 16.4. The molecule has 1 aromatic carbocycles. The minimum atomic E-state index is -0.223. The van der Waals surface area contributed by atoms with Crippen molar-refractivity contribution in [3.8, 4) is 0 Å². The van der Waals surface area contributed by atoms with Gasteiger partial charge in [0, 0.05) is 19.0 Å². The number of rotatable bonds is 5. The summed E-state index contributed by atoms with van der Waals surface area (Å²) in [6.07, 6.45) is 1.61. The summed E-state index contributed by atoms with van der Waals surface area (Å²) in [4.78, 5) is 19.6. The molecule has 0 spiro atoms. The van der Waals surface area contributed by atoms with Gasteiger partial charge in [0.05, 0.1) is 29.5 Å². The highest BCUT2D eigenvalue weighted by Gasteiger charge is 2.21. The van der Waals surface area contributed by atoms with Gasteiger partial charge in [-0.2, -0.15) is 5.10 Å². The van der Waals surface area contributed by atoms with Crippen LogP contribution in [0.2, 0.25) is 10.0 Å². The lowest BCUT2D eigenvalue weighted by atomic mass is 10.1. The summed E-state index contributed by atoms with van der Waals surface area (Å²) in [6, 6.07) is 5.36. The molecular weight excluding hydrogens is 365 g/mol. The van der Waals surface area contributed by atoms with Gasteiger partial charge in [-0.05, 0) is 17.7 Å². The summed E-state index contributed by atoms with van der Waals surface area (Å²) in [6.45, 7) is 2.52. The van der Waals surface area contributed by atoms with Gasteiger partial charge < -0.3 is 10.1 Å². The summed E-state index contributed by atoms with van der Waals surface area (Å²) < 4.78 is 6.86. The van der Waals surface area contributed by atoms with Crippen molar-refractivity contribution in [2.24, 2.45) is 5.92 Å². The summed E-state index contributed by atoms with van der Waals surface area (Å²) in [7, 11) is 0. The zero-order valence-corrected chi connectivity index (χ0v) is 14.6. The summed E-state index contributed by atoms with van der Waals surface area (Å²) in [5, 5.41) is 8.35. The maximum Gasteiger partial charge on any atom is 0.278 e. The highest BCUT2D eigenvalue weighted by Crippen LogP contribution is 2.23. The minimum absolute atomic E-state index is 0.223. The average molecular weight is 380 g/mol. The van der Waals surface area contributed by atoms with Crippen LogP contribution >= 0.6 is 23.2 Å². The summed E-state index contributed by atoms with van der Waals surface area (Å²) in [5.41, 5.74) is 1.74. The van der Waals surface area contributed by atoms with Crippen LogP contribution in [-0.2, 0) is 17.8 Å². The summed E-state index contributed by atoms with van der Waals surface area (Å²) >= 11 is 11.9. The van der Waals surface area contributed by atoms with Crippen molar-refractivity contribution in [3.63, 3.8) is 0 Å². The fourth-order valence-electron chi connectivity index (χ4n) is 2.70. The van der Waals surface area contributed by atoms with Crippen molar-refractivity contribution < 1.29 is 4.74 Å². The third-order valence-corrected chi connectivity index (χ3v) is 4.82. The maximum absolute atomic E-state index is 12.4. The topological polar surface area (TPSA) is 84.8 Å². The number of ether oxygens (including phenoxy) is 1. The monoisotopic (exact) mass is 379 g/mol. The van der Waals surface area contributed by atoms with E-state index < -0.39 is 0 Å². The Balaban J connectivity index is 1.54. The number of aromatic nitrogens is 4. The van der Waals surface area contributed by atoms with Gasteiger partial charge in [-0.25, -0.2) is 4.98 Å². The molecule has 3 heterocycles. The largest absolute Gasteiger partial charge is 0.381 e. The third-order valence-electron chi connectivity index (χ3n) is 4.08. The van der Waals surface area contributed by atoms with Gasteiger partial charge in [-0.3, -0.25) is 14.5 Å². The SMILES string of the molecule is O=c1[nH]c(NCc2ccc(Cl)c(Cl)c2)nc2cnn(CC3COC3)c12. The Morgan fingerprint density at radius 2 is 2.16 bits per heavy atom. The molecular formula is C16H15Cl2N5O2. The lowest BCUT2D eigenvalue weighted by Crippen LogP contribution is -2.32.